The molecule has 13 heavy (non-hydrogen) atoms. The zero-order chi connectivity index (χ0) is 8.43. The fourth-order valence-corrected chi connectivity index (χ4v) is 1.03. The van der Waals surface area contributed by atoms with E-state index in [1.54, 1.807) is 22.6 Å². The summed E-state index contributed by atoms with van der Waals surface area (Å²) in [6, 6.07) is 4.39. The van der Waals surface area contributed by atoms with Crippen molar-refractivity contribution in [1.82, 2.24) is 0 Å². The Balaban J connectivity index is 0. The van der Waals surface area contributed by atoms with E-state index in [9.17, 15) is 14.3 Å². The molecule has 0 aliphatic rings. The van der Waals surface area contributed by atoms with Crippen molar-refractivity contribution < 1.29 is 52.0 Å². The van der Waals surface area contributed by atoms with E-state index < -0.39 is 11.8 Å². The summed E-state index contributed by atoms with van der Waals surface area (Å²) in [4.78, 5) is 10.2. The predicted molar refractivity (Wildman–Crippen MR) is 42.3 cm³/mol. The quantitative estimate of drug-likeness (QED) is 0.292. The zero-order valence-electron chi connectivity index (χ0n) is 7.23. The van der Waals surface area contributed by atoms with Crippen LogP contribution in [0.3, 0.4) is 0 Å². The first-order valence-electron chi connectivity index (χ1n) is 2.69. The van der Waals surface area contributed by atoms with Crippen LogP contribution < -0.4 is 42.8 Å². The van der Waals surface area contributed by atoms with Crippen LogP contribution in [-0.2, 0) is 0 Å². The number of halogens is 2. The van der Waals surface area contributed by atoms with Gasteiger partial charge in [0.1, 0.15) is 0 Å². The van der Waals surface area contributed by atoms with E-state index in [1.165, 1.54) is 6.07 Å². The molecule has 0 fully saturated rings. The minimum absolute atomic E-state index is 0. The van der Waals surface area contributed by atoms with E-state index in [4.69, 9.17) is 0 Å². The Bertz CT molecular complexity index is 307. The Kier molecular flexibility index (Phi) is 8.51. The largest absolute Gasteiger partial charge is 1.00 e. The minimum atomic E-state index is -1.34. The number of hydrogen-bond acceptors (Lipinski definition) is 2. The van der Waals surface area contributed by atoms with Gasteiger partial charge >= 0.3 is 37.7 Å². The summed E-state index contributed by atoms with van der Waals surface area (Å²) >= 11 is 1.70. The van der Waals surface area contributed by atoms with Gasteiger partial charge in [-0.25, -0.2) is 0 Å². The number of carbonyl (C=O) groups excluding carboxylic acids is 1. The van der Waals surface area contributed by atoms with Gasteiger partial charge in [-0.1, -0.05) is 22.6 Å². The monoisotopic (exact) mass is 278 g/mol. The summed E-state index contributed by atoms with van der Waals surface area (Å²) in [5.74, 6) is -1.82. The molecule has 0 bridgehead atoms. The second-order valence-electron chi connectivity index (χ2n) is 1.83. The Morgan fingerprint density at radius 2 is 2.08 bits per heavy atom. The van der Waals surface area contributed by atoms with Gasteiger partial charge in [-0.15, -0.1) is 23.8 Å². The van der Waals surface area contributed by atoms with Crippen LogP contribution in [-0.4, -0.2) is 5.97 Å². The van der Waals surface area contributed by atoms with Crippen molar-refractivity contribution in [2.45, 2.75) is 0 Å². The van der Waals surface area contributed by atoms with E-state index in [0.29, 0.717) is 0 Å². The molecule has 1 rings (SSSR count). The molecule has 0 saturated heterocycles. The first kappa shape index (κ1) is 16.0. The number of carboxylic acids is 1. The summed E-state index contributed by atoms with van der Waals surface area (Å²) in [6.07, 6.45) is 0. The molecule has 2 nitrogen and oxygen atoms in total. The average Bonchev–Trinajstić information content (AvgIpc) is 1.94. The number of carbonyl (C=O) groups is 1. The van der Waals surface area contributed by atoms with E-state index in [0.717, 1.165) is 6.07 Å². The van der Waals surface area contributed by atoms with E-state index >= 15 is 0 Å². The third-order valence-corrected chi connectivity index (χ3v) is 1.90. The molecule has 0 heterocycles. The van der Waals surface area contributed by atoms with Crippen LogP contribution in [0.1, 0.15) is 10.4 Å². The number of rotatable bonds is 1. The van der Waals surface area contributed by atoms with Gasteiger partial charge in [-0.05, 0) is 9.54 Å². The number of hydrogen-bond donors (Lipinski definition) is 0. The maximum Gasteiger partial charge on any atom is 1.00 e. The molecule has 1 aromatic rings. The molecule has 1 aromatic carbocycles. The van der Waals surface area contributed by atoms with Gasteiger partial charge < -0.3 is 9.90 Å². The number of aromatic carboxylic acids is 1. The molecule has 0 saturated carbocycles. The normalized spacial score (nSPS) is 8.15. The van der Waals surface area contributed by atoms with Crippen molar-refractivity contribution in [2.24, 2.45) is 0 Å². The number of benzene rings is 1. The first-order valence-corrected chi connectivity index (χ1v) is 3.77. The molecular formula is C7H2FILi2O2. The fraction of sp³-hybridized carbons (Fsp3) is 0. The second-order valence-corrected chi connectivity index (χ2v) is 2.99. The molecule has 0 N–H and O–H groups in total. The first-order chi connectivity index (χ1) is 5.11. The molecule has 0 unspecified atom stereocenters. The smallest absolute Gasteiger partial charge is 0.603 e. The van der Waals surface area contributed by atoms with E-state index in [-0.39, 0.29) is 46.9 Å². The number of carboxylic acid groups (broad SMARTS) is 1. The summed E-state index contributed by atoms with van der Waals surface area (Å²) in [5.41, 5.74) is -0.129. The molecule has 0 spiro atoms. The van der Waals surface area contributed by atoms with E-state index in [2.05, 4.69) is 6.07 Å². The average molecular weight is 278 g/mol. The van der Waals surface area contributed by atoms with Gasteiger partial charge in [0.05, 0.1) is 5.82 Å². The standard InChI is InChI=1S/C7H3FIO2.2Li/c8-5-2-1-4(7(10)11)3-6(5)9;;/h2-3H,(H,10,11);;/q-1;2*+1/p-1. The second kappa shape index (κ2) is 6.92. The maximum atomic E-state index is 12.5. The zero-order valence-corrected chi connectivity index (χ0v) is 9.38. The van der Waals surface area contributed by atoms with Crippen molar-refractivity contribution >= 4 is 28.6 Å². The van der Waals surface area contributed by atoms with Crippen molar-refractivity contribution in [2.75, 3.05) is 0 Å². The van der Waals surface area contributed by atoms with Crippen LogP contribution >= 0.6 is 22.6 Å². The van der Waals surface area contributed by atoms with Gasteiger partial charge in [0.2, 0.25) is 0 Å². The van der Waals surface area contributed by atoms with Crippen molar-refractivity contribution in [3.05, 3.63) is 33.1 Å². The van der Waals surface area contributed by atoms with Crippen molar-refractivity contribution in [1.29, 1.82) is 0 Å². The van der Waals surface area contributed by atoms with Gasteiger partial charge in [0.25, 0.3) is 0 Å². The molecule has 58 valence electrons. The molecule has 6 heteroatoms. The summed E-state index contributed by atoms with van der Waals surface area (Å²) in [5, 5.41) is 10.2. The molecule has 0 aromatic heterocycles. The molecule has 0 aliphatic carbocycles. The molecule has 0 amide bonds. The van der Waals surface area contributed by atoms with Crippen LogP contribution in [0.25, 0.3) is 0 Å². The van der Waals surface area contributed by atoms with Crippen molar-refractivity contribution in [3.8, 4) is 0 Å². The molecule has 0 atom stereocenters. The van der Waals surface area contributed by atoms with Crippen LogP contribution in [0.4, 0.5) is 4.39 Å². The van der Waals surface area contributed by atoms with E-state index in [1.807, 2.05) is 0 Å². The third-order valence-electron chi connectivity index (χ3n) is 1.07. The van der Waals surface area contributed by atoms with Gasteiger partial charge in [0.15, 0.2) is 0 Å². The van der Waals surface area contributed by atoms with Gasteiger partial charge in [-0.2, -0.15) is 0 Å². The van der Waals surface area contributed by atoms with Crippen LogP contribution in [0.2, 0.25) is 0 Å². The summed E-state index contributed by atoms with van der Waals surface area (Å²) in [7, 11) is 0. The van der Waals surface area contributed by atoms with Crippen LogP contribution in [0.15, 0.2) is 12.1 Å². The third kappa shape index (κ3) is 4.53. The topological polar surface area (TPSA) is 40.1 Å². The van der Waals surface area contributed by atoms with Gasteiger partial charge in [0, 0.05) is 0 Å². The fourth-order valence-electron chi connectivity index (χ4n) is 0.565. The molecule has 0 radical (unpaired) electrons. The summed E-state index contributed by atoms with van der Waals surface area (Å²) < 4.78 is 12.8. The Morgan fingerprint density at radius 3 is 2.46 bits per heavy atom. The minimum Gasteiger partial charge on any atom is -0.603 e. The van der Waals surface area contributed by atoms with Crippen LogP contribution in [0, 0.1) is 15.5 Å². The predicted octanol–water partition coefficient (Wildman–Crippen LogP) is -5.40. The SMILES string of the molecule is O=C([O-])c1[c-]cc(F)c(I)c1.[Li+].[Li+]. The molecule has 0 aliphatic heterocycles. The Morgan fingerprint density at radius 1 is 1.54 bits per heavy atom. The maximum absolute atomic E-state index is 12.5. The summed E-state index contributed by atoms with van der Waals surface area (Å²) in [6.45, 7) is 0. The van der Waals surface area contributed by atoms with Crippen LogP contribution in [0.5, 0.6) is 0 Å². The Labute approximate surface area is 113 Å². The van der Waals surface area contributed by atoms with Gasteiger partial charge in [-0.3, -0.25) is 4.39 Å². The molecular weight excluding hydrogens is 276 g/mol. The van der Waals surface area contributed by atoms with Crippen molar-refractivity contribution in [3.63, 3.8) is 0 Å². The Hall–Kier alpha value is 0.545.